The van der Waals surface area contributed by atoms with Gasteiger partial charge in [0, 0.05) is 25.4 Å². The number of carbonyl (C=O) groups is 2. The van der Waals surface area contributed by atoms with Crippen molar-refractivity contribution in [1.29, 1.82) is 5.26 Å². The predicted octanol–water partition coefficient (Wildman–Crippen LogP) is 5.31. The van der Waals surface area contributed by atoms with Crippen molar-refractivity contribution in [1.82, 2.24) is 0 Å². The monoisotopic (exact) mass is 524 g/mol. The highest BCUT2D eigenvalue weighted by Gasteiger charge is 2.26. The molecule has 0 saturated heterocycles. The standard InChI is InChI=1S/C18H24N2O4S6/c1-17(2,12-19)29-15(25)27-10-6-13(21)23-8-9-24-14(22)7-11-28-16(26)30-18(3,4)20-5/h6-11H2,1-4H3. The highest BCUT2D eigenvalue weighted by molar-refractivity contribution is 8.48. The van der Waals surface area contributed by atoms with E-state index in [0.717, 1.165) is 0 Å². The molecule has 0 aliphatic heterocycles. The van der Waals surface area contributed by atoms with Crippen molar-refractivity contribution in [3.63, 3.8) is 0 Å². The number of thioether (sulfide) groups is 4. The highest BCUT2D eigenvalue weighted by atomic mass is 32.2. The van der Waals surface area contributed by atoms with Gasteiger partial charge in [-0.25, -0.2) is 6.57 Å². The summed E-state index contributed by atoms with van der Waals surface area (Å²) in [5.74, 6) is 0.141. The second-order valence-electron chi connectivity index (χ2n) is 6.52. The molecule has 0 heterocycles. The molecule has 0 aromatic carbocycles. The van der Waals surface area contributed by atoms with E-state index in [-0.39, 0.29) is 26.1 Å². The molecule has 0 rings (SSSR count). The minimum absolute atomic E-state index is 0.00302. The van der Waals surface area contributed by atoms with Crippen LogP contribution in [0.2, 0.25) is 0 Å². The van der Waals surface area contributed by atoms with Crippen LogP contribution in [0.3, 0.4) is 0 Å². The smallest absolute Gasteiger partial charge is 0.306 e. The first-order valence-corrected chi connectivity index (χ1v) is 13.2. The second kappa shape index (κ2) is 15.3. The van der Waals surface area contributed by atoms with Gasteiger partial charge >= 0.3 is 11.9 Å². The van der Waals surface area contributed by atoms with Crippen molar-refractivity contribution in [2.75, 3.05) is 24.7 Å². The van der Waals surface area contributed by atoms with Crippen molar-refractivity contribution < 1.29 is 19.1 Å². The Morgan fingerprint density at radius 3 is 1.80 bits per heavy atom. The normalized spacial score (nSPS) is 11.1. The van der Waals surface area contributed by atoms with Crippen molar-refractivity contribution in [3.05, 3.63) is 11.4 Å². The molecule has 0 N–H and O–H groups in total. The summed E-state index contributed by atoms with van der Waals surface area (Å²) in [5.41, 5.74) is 0. The molecular weight excluding hydrogens is 501 g/mol. The van der Waals surface area contributed by atoms with Gasteiger partial charge in [-0.1, -0.05) is 36.2 Å². The number of carbonyl (C=O) groups excluding carboxylic acids is 2. The summed E-state index contributed by atoms with van der Waals surface area (Å²) in [6.45, 7) is 14.2. The van der Waals surface area contributed by atoms with E-state index < -0.39 is 21.6 Å². The van der Waals surface area contributed by atoms with Gasteiger partial charge in [0.05, 0.1) is 18.9 Å². The number of nitriles is 1. The lowest BCUT2D eigenvalue weighted by molar-refractivity contribution is -0.151. The lowest BCUT2D eigenvalue weighted by Gasteiger charge is -2.14. The zero-order valence-corrected chi connectivity index (χ0v) is 22.1. The molecule has 0 aliphatic rings. The Hall–Kier alpha value is -0.500. The van der Waals surface area contributed by atoms with Crippen LogP contribution >= 0.6 is 71.5 Å². The maximum absolute atomic E-state index is 11.7. The van der Waals surface area contributed by atoms with E-state index >= 15 is 0 Å². The van der Waals surface area contributed by atoms with Gasteiger partial charge in [-0.2, -0.15) is 5.26 Å². The van der Waals surface area contributed by atoms with Gasteiger partial charge in [-0.15, -0.1) is 23.5 Å². The van der Waals surface area contributed by atoms with Gasteiger partial charge < -0.3 is 9.47 Å². The summed E-state index contributed by atoms with van der Waals surface area (Å²) < 4.78 is 10.7. The van der Waals surface area contributed by atoms with Crippen LogP contribution in [0.5, 0.6) is 0 Å². The number of hydrogen-bond acceptors (Lipinski definition) is 11. The van der Waals surface area contributed by atoms with Gasteiger partial charge in [-0.3, -0.25) is 14.4 Å². The molecular formula is C18H24N2O4S6. The minimum Gasteiger partial charge on any atom is -0.462 e. The third kappa shape index (κ3) is 16.2. The van der Waals surface area contributed by atoms with Crippen LogP contribution < -0.4 is 0 Å². The first-order chi connectivity index (χ1) is 13.9. The fourth-order valence-electron chi connectivity index (χ4n) is 1.41. The topological polar surface area (TPSA) is 80.8 Å². The van der Waals surface area contributed by atoms with Crippen molar-refractivity contribution in [2.24, 2.45) is 0 Å². The fraction of sp³-hybridized carbons (Fsp3) is 0.667. The second-order valence-corrected chi connectivity index (χ2v) is 14.3. The Labute approximate surface area is 206 Å². The average molecular weight is 525 g/mol. The maximum Gasteiger partial charge on any atom is 0.306 e. The zero-order chi connectivity index (χ0) is 23.2. The van der Waals surface area contributed by atoms with Crippen LogP contribution in [-0.4, -0.2) is 53.3 Å². The Morgan fingerprint density at radius 2 is 1.40 bits per heavy atom. The predicted molar refractivity (Wildman–Crippen MR) is 137 cm³/mol. The number of hydrogen-bond donors (Lipinski definition) is 0. The summed E-state index contributed by atoms with van der Waals surface area (Å²) in [4.78, 5) is 26.2. The largest absolute Gasteiger partial charge is 0.462 e. The van der Waals surface area contributed by atoms with Gasteiger partial charge in [0.15, 0.2) is 0 Å². The lowest BCUT2D eigenvalue weighted by atomic mass is 10.2. The summed E-state index contributed by atoms with van der Waals surface area (Å²) in [7, 11) is 0. The molecule has 0 spiro atoms. The molecule has 0 aromatic rings. The molecule has 6 nitrogen and oxygen atoms in total. The quantitative estimate of drug-likeness (QED) is 0.153. The van der Waals surface area contributed by atoms with E-state index in [1.54, 1.807) is 27.7 Å². The molecule has 0 bridgehead atoms. The summed E-state index contributed by atoms with van der Waals surface area (Å²) in [6, 6.07) is 2.15. The molecule has 0 fully saturated rings. The van der Waals surface area contributed by atoms with Crippen LogP contribution in [0.4, 0.5) is 0 Å². The van der Waals surface area contributed by atoms with Crippen molar-refractivity contribution in [2.45, 2.75) is 50.2 Å². The van der Waals surface area contributed by atoms with Gasteiger partial charge in [-0.05, 0) is 25.6 Å². The van der Waals surface area contributed by atoms with E-state index in [0.29, 0.717) is 18.6 Å². The zero-order valence-electron chi connectivity index (χ0n) is 17.2. The Morgan fingerprint density at radius 1 is 0.967 bits per heavy atom. The first kappa shape index (κ1) is 29.5. The molecule has 0 unspecified atom stereocenters. The van der Waals surface area contributed by atoms with Crippen LogP contribution in [0.15, 0.2) is 0 Å². The lowest BCUT2D eigenvalue weighted by Crippen LogP contribution is -2.15. The molecule has 30 heavy (non-hydrogen) atoms. The number of rotatable bonds is 11. The minimum atomic E-state index is -0.607. The van der Waals surface area contributed by atoms with Crippen molar-refractivity contribution >= 4 is 90.5 Å². The summed E-state index contributed by atoms with van der Waals surface area (Å²) >= 11 is 15.6. The van der Waals surface area contributed by atoms with Gasteiger partial charge in [0.25, 0.3) is 4.87 Å². The molecule has 0 atom stereocenters. The Bertz CT molecular complexity index is 652. The van der Waals surface area contributed by atoms with E-state index in [9.17, 15) is 9.59 Å². The number of esters is 2. The molecule has 12 heteroatoms. The SMILES string of the molecule is [C-]#[N+]C(C)(C)SC(=S)SCCC(=O)OCCOC(=O)CCSC(=S)SC(C)(C)C#N. The maximum atomic E-state index is 11.7. The third-order valence-electron chi connectivity index (χ3n) is 2.87. The van der Waals surface area contributed by atoms with Crippen LogP contribution in [0.1, 0.15) is 40.5 Å². The van der Waals surface area contributed by atoms with E-state index in [4.69, 9.17) is 45.7 Å². The number of thiocarbonyl (C=S) groups is 2. The molecule has 166 valence electrons. The van der Waals surface area contributed by atoms with Gasteiger partial charge in [0.1, 0.15) is 25.0 Å². The third-order valence-corrected chi connectivity index (χ3v) is 8.10. The average Bonchev–Trinajstić information content (AvgIpc) is 2.64. The van der Waals surface area contributed by atoms with E-state index in [1.807, 2.05) is 0 Å². The summed E-state index contributed by atoms with van der Waals surface area (Å²) in [5, 5.41) is 8.97. The molecule has 0 amide bonds. The van der Waals surface area contributed by atoms with E-state index in [2.05, 4.69) is 10.9 Å². The molecule has 0 aromatic heterocycles. The van der Waals surface area contributed by atoms with Crippen LogP contribution in [0, 0.1) is 17.9 Å². The number of ether oxygens (including phenoxy) is 2. The van der Waals surface area contributed by atoms with Crippen LogP contribution in [0.25, 0.3) is 4.85 Å². The number of nitrogens with zero attached hydrogens (tertiary/aromatic N) is 2. The molecule has 0 saturated carbocycles. The summed E-state index contributed by atoms with van der Waals surface area (Å²) in [6.07, 6.45) is 0.363. The molecule has 0 radical (unpaired) electrons. The Kier molecular flexibility index (Phi) is 15.1. The fourth-order valence-corrected chi connectivity index (χ4v) is 7.14. The highest BCUT2D eigenvalue weighted by Crippen LogP contribution is 2.32. The van der Waals surface area contributed by atoms with Gasteiger partial charge in [0.2, 0.25) is 0 Å². The molecule has 0 aliphatic carbocycles. The van der Waals surface area contributed by atoms with Crippen LogP contribution in [-0.2, 0) is 19.1 Å². The Balaban J connectivity index is 3.80. The van der Waals surface area contributed by atoms with Crippen molar-refractivity contribution in [3.8, 4) is 6.07 Å². The first-order valence-electron chi connectivity index (χ1n) is 8.73. The van der Waals surface area contributed by atoms with E-state index in [1.165, 1.54) is 47.0 Å².